The molecule has 0 radical (unpaired) electrons. The fourth-order valence-corrected chi connectivity index (χ4v) is 2.06. The lowest BCUT2D eigenvalue weighted by Crippen LogP contribution is -2.50. The first kappa shape index (κ1) is 8.48. The van der Waals surface area contributed by atoms with Crippen LogP contribution in [0.25, 0.3) is 0 Å². The van der Waals surface area contributed by atoms with Crippen LogP contribution in [-0.2, 0) is 0 Å². The monoisotopic (exact) mass is 169 g/mol. The van der Waals surface area contributed by atoms with Crippen molar-refractivity contribution in [3.63, 3.8) is 0 Å². The number of nitrogens with one attached hydrogen (secondary N) is 2. The number of hydrogen-bond acceptors (Lipinski definition) is 3. The lowest BCUT2D eigenvalue weighted by molar-refractivity contribution is 0.145. The third-order valence-electron chi connectivity index (χ3n) is 3.19. The Labute approximate surface area is 74.5 Å². The van der Waals surface area contributed by atoms with Gasteiger partial charge in [-0.15, -0.1) is 0 Å². The van der Waals surface area contributed by atoms with Crippen LogP contribution in [0.2, 0.25) is 0 Å². The summed E-state index contributed by atoms with van der Waals surface area (Å²) in [7, 11) is 2.07. The number of likely N-dealkylation sites (N-methyl/N-ethyl adjacent to an activating group) is 1. The van der Waals surface area contributed by atoms with Gasteiger partial charge in [-0.1, -0.05) is 6.92 Å². The second-order valence-electron chi connectivity index (χ2n) is 4.08. The Bertz CT molecular complexity index is 156. The van der Waals surface area contributed by atoms with E-state index in [2.05, 4.69) is 29.5 Å². The van der Waals surface area contributed by atoms with Crippen LogP contribution in [0, 0.1) is 5.92 Å². The van der Waals surface area contributed by atoms with Gasteiger partial charge in [0.05, 0.1) is 6.17 Å². The second-order valence-corrected chi connectivity index (χ2v) is 4.08. The molecule has 12 heavy (non-hydrogen) atoms. The molecule has 3 atom stereocenters. The number of hydrogen-bond donors (Lipinski definition) is 2. The molecule has 2 heterocycles. The molecule has 3 nitrogen and oxygen atoms in total. The van der Waals surface area contributed by atoms with E-state index >= 15 is 0 Å². The van der Waals surface area contributed by atoms with Crippen molar-refractivity contribution >= 4 is 0 Å². The summed E-state index contributed by atoms with van der Waals surface area (Å²) in [5, 5.41) is 6.76. The summed E-state index contributed by atoms with van der Waals surface area (Å²) in [6, 6.07) is 0.696. The summed E-state index contributed by atoms with van der Waals surface area (Å²) in [6.07, 6.45) is 2.04. The Morgan fingerprint density at radius 1 is 1.50 bits per heavy atom. The summed E-state index contributed by atoms with van der Waals surface area (Å²) >= 11 is 0. The van der Waals surface area contributed by atoms with Crippen LogP contribution in [-0.4, -0.2) is 43.8 Å². The third kappa shape index (κ3) is 1.63. The standard InChI is InChI=1S/C9H19N3/c1-7-3-4-12(9-5-11-9)6-8(7)10-2/h7-11H,3-6H2,1-2H3/t7-,8?,9?/m0/s1. The van der Waals surface area contributed by atoms with Crippen LogP contribution < -0.4 is 10.6 Å². The smallest absolute Gasteiger partial charge is 0.0727 e. The third-order valence-corrected chi connectivity index (χ3v) is 3.19. The number of likely N-dealkylation sites (tertiary alicyclic amines) is 1. The normalized spacial score (nSPS) is 43.0. The predicted octanol–water partition coefficient (Wildman–Crippen LogP) is -0.155. The molecule has 2 saturated heterocycles. The first-order chi connectivity index (χ1) is 5.81. The van der Waals surface area contributed by atoms with Crippen LogP contribution in [0.3, 0.4) is 0 Å². The summed E-state index contributed by atoms with van der Waals surface area (Å²) in [5.74, 6) is 0.838. The van der Waals surface area contributed by atoms with Crippen molar-refractivity contribution in [3.05, 3.63) is 0 Å². The highest BCUT2D eigenvalue weighted by Crippen LogP contribution is 2.20. The van der Waals surface area contributed by atoms with Crippen LogP contribution in [0.1, 0.15) is 13.3 Å². The van der Waals surface area contributed by atoms with Gasteiger partial charge >= 0.3 is 0 Å². The molecule has 0 amide bonds. The predicted molar refractivity (Wildman–Crippen MR) is 50.0 cm³/mol. The minimum atomic E-state index is 0.696. The van der Waals surface area contributed by atoms with Crippen LogP contribution in [0.5, 0.6) is 0 Å². The largest absolute Gasteiger partial charge is 0.315 e. The molecular formula is C9H19N3. The highest BCUT2D eigenvalue weighted by molar-refractivity contribution is 4.91. The Hall–Kier alpha value is -0.120. The van der Waals surface area contributed by atoms with Crippen molar-refractivity contribution in [2.45, 2.75) is 25.6 Å². The van der Waals surface area contributed by atoms with E-state index in [-0.39, 0.29) is 0 Å². The summed E-state index contributed by atoms with van der Waals surface area (Å²) in [5.41, 5.74) is 0. The minimum Gasteiger partial charge on any atom is -0.315 e. The molecule has 0 aromatic heterocycles. The van der Waals surface area contributed by atoms with E-state index in [1.54, 1.807) is 0 Å². The highest BCUT2D eigenvalue weighted by atomic mass is 15.4. The first-order valence-corrected chi connectivity index (χ1v) is 4.96. The lowest BCUT2D eigenvalue weighted by atomic mass is 9.94. The van der Waals surface area contributed by atoms with E-state index in [9.17, 15) is 0 Å². The van der Waals surface area contributed by atoms with Crippen LogP contribution in [0.15, 0.2) is 0 Å². The molecule has 0 saturated carbocycles. The maximum absolute atomic E-state index is 3.40. The van der Waals surface area contributed by atoms with Gasteiger partial charge in [0.1, 0.15) is 0 Å². The van der Waals surface area contributed by atoms with E-state index in [1.807, 2.05) is 0 Å². The van der Waals surface area contributed by atoms with Crippen molar-refractivity contribution in [3.8, 4) is 0 Å². The zero-order valence-electron chi connectivity index (χ0n) is 8.01. The Morgan fingerprint density at radius 2 is 2.25 bits per heavy atom. The summed E-state index contributed by atoms with van der Waals surface area (Å²) < 4.78 is 0. The van der Waals surface area contributed by atoms with Gasteiger partial charge in [-0.3, -0.25) is 10.2 Å². The molecule has 0 aliphatic carbocycles. The van der Waals surface area contributed by atoms with E-state index in [4.69, 9.17) is 0 Å². The highest BCUT2D eigenvalue weighted by Gasteiger charge is 2.33. The van der Waals surface area contributed by atoms with Crippen molar-refractivity contribution in [1.29, 1.82) is 0 Å². The second kappa shape index (κ2) is 3.32. The van der Waals surface area contributed by atoms with Gasteiger partial charge in [-0.2, -0.15) is 0 Å². The molecule has 0 aromatic carbocycles. The van der Waals surface area contributed by atoms with Crippen molar-refractivity contribution in [2.75, 3.05) is 26.7 Å². The molecule has 0 aromatic rings. The zero-order valence-corrected chi connectivity index (χ0v) is 8.01. The molecule has 2 N–H and O–H groups in total. The van der Waals surface area contributed by atoms with E-state index in [0.717, 1.165) is 5.92 Å². The topological polar surface area (TPSA) is 37.2 Å². The molecule has 0 spiro atoms. The molecular weight excluding hydrogens is 150 g/mol. The quantitative estimate of drug-likeness (QED) is 0.564. The van der Waals surface area contributed by atoms with Gasteiger partial charge < -0.3 is 5.32 Å². The lowest BCUT2D eigenvalue weighted by Gasteiger charge is -2.36. The van der Waals surface area contributed by atoms with Crippen LogP contribution >= 0.6 is 0 Å². The van der Waals surface area contributed by atoms with Gasteiger partial charge in [0.25, 0.3) is 0 Å². The molecule has 2 fully saturated rings. The van der Waals surface area contributed by atoms with Gasteiger partial charge in [-0.25, -0.2) is 0 Å². The zero-order chi connectivity index (χ0) is 8.55. The number of piperidine rings is 1. The van der Waals surface area contributed by atoms with Crippen molar-refractivity contribution in [2.24, 2.45) is 5.92 Å². The molecule has 2 unspecified atom stereocenters. The summed E-state index contributed by atoms with van der Waals surface area (Å²) in [6.45, 7) is 6.04. The molecule has 70 valence electrons. The van der Waals surface area contributed by atoms with Gasteiger partial charge in [0.2, 0.25) is 0 Å². The van der Waals surface area contributed by atoms with Crippen molar-refractivity contribution < 1.29 is 0 Å². The van der Waals surface area contributed by atoms with Gasteiger partial charge in [0.15, 0.2) is 0 Å². The Morgan fingerprint density at radius 3 is 2.83 bits per heavy atom. The first-order valence-electron chi connectivity index (χ1n) is 4.96. The molecule has 2 aliphatic heterocycles. The Kier molecular flexibility index (Phi) is 2.35. The Balaban J connectivity index is 1.87. The average Bonchev–Trinajstić information content (AvgIpc) is 2.88. The van der Waals surface area contributed by atoms with E-state index in [0.29, 0.717) is 12.2 Å². The van der Waals surface area contributed by atoms with Gasteiger partial charge in [0, 0.05) is 25.7 Å². The van der Waals surface area contributed by atoms with Crippen LogP contribution in [0.4, 0.5) is 0 Å². The maximum atomic E-state index is 3.40. The van der Waals surface area contributed by atoms with E-state index in [1.165, 1.54) is 26.1 Å². The van der Waals surface area contributed by atoms with E-state index < -0.39 is 0 Å². The minimum absolute atomic E-state index is 0.696. The average molecular weight is 169 g/mol. The van der Waals surface area contributed by atoms with Gasteiger partial charge in [-0.05, 0) is 19.4 Å². The molecule has 3 heteroatoms. The number of rotatable bonds is 2. The van der Waals surface area contributed by atoms with Crippen molar-refractivity contribution in [1.82, 2.24) is 15.5 Å². The molecule has 2 rings (SSSR count). The number of nitrogens with zero attached hydrogens (tertiary/aromatic N) is 1. The fraction of sp³-hybridized carbons (Fsp3) is 1.00. The molecule has 0 bridgehead atoms. The maximum Gasteiger partial charge on any atom is 0.0727 e. The summed E-state index contributed by atoms with van der Waals surface area (Å²) in [4.78, 5) is 2.56. The fourth-order valence-electron chi connectivity index (χ4n) is 2.06. The SMILES string of the molecule is CNC1CN(C2CN2)CC[C@@H]1C. The molecule has 2 aliphatic rings.